The van der Waals surface area contributed by atoms with Gasteiger partial charge in [-0.3, -0.25) is 10.6 Å². The molecule has 1 fully saturated rings. The van der Waals surface area contributed by atoms with E-state index < -0.39 is 0 Å². The van der Waals surface area contributed by atoms with Gasteiger partial charge in [-0.05, 0) is 46.1 Å². The van der Waals surface area contributed by atoms with Crippen molar-refractivity contribution in [3.8, 4) is 0 Å². The van der Waals surface area contributed by atoms with Crippen LogP contribution in [0.15, 0.2) is 12.3 Å². The lowest BCUT2D eigenvalue weighted by molar-refractivity contribution is 0.0346. The highest BCUT2D eigenvalue weighted by molar-refractivity contribution is 4.96. The normalized spacial score (nSPS) is 39.8. The summed E-state index contributed by atoms with van der Waals surface area (Å²) in [7, 11) is 0. The van der Waals surface area contributed by atoms with Gasteiger partial charge in [-0.2, -0.15) is 0 Å². The van der Waals surface area contributed by atoms with E-state index in [0.717, 1.165) is 19.3 Å². The van der Waals surface area contributed by atoms with Crippen LogP contribution in [0.2, 0.25) is 0 Å². The molecule has 0 radical (unpaired) electrons. The summed E-state index contributed by atoms with van der Waals surface area (Å²) in [5, 5.41) is 7.19. The van der Waals surface area contributed by atoms with Crippen LogP contribution >= 0.6 is 0 Å². The van der Waals surface area contributed by atoms with Crippen molar-refractivity contribution in [2.45, 2.75) is 63.9 Å². The molecule has 2 rings (SSSR count). The lowest BCUT2D eigenvalue weighted by atomic mass is 9.91. The number of allylic oxidation sites excluding steroid dienone is 1. The molecule has 0 aromatic heterocycles. The highest BCUT2D eigenvalue weighted by Crippen LogP contribution is 2.22. The molecule has 0 bridgehead atoms. The fourth-order valence-corrected chi connectivity index (χ4v) is 2.65. The lowest BCUT2D eigenvalue weighted by Gasteiger charge is -2.44. The second-order valence-electron chi connectivity index (χ2n) is 5.40. The van der Waals surface area contributed by atoms with Crippen molar-refractivity contribution in [1.29, 1.82) is 0 Å². The van der Waals surface area contributed by atoms with Crippen molar-refractivity contribution in [1.82, 2.24) is 10.6 Å². The molecule has 0 aromatic rings. The molecular weight excluding hydrogens is 188 g/mol. The average Bonchev–Trinajstić information content (AvgIpc) is 2.16. The predicted octanol–water partition coefficient (Wildman–Crippen LogP) is 1.76. The first-order chi connectivity index (χ1) is 7.07. The summed E-state index contributed by atoms with van der Waals surface area (Å²) in [4.78, 5) is 0. The molecule has 15 heavy (non-hydrogen) atoms. The third-order valence-electron chi connectivity index (χ3n) is 3.17. The van der Waals surface area contributed by atoms with Gasteiger partial charge in [-0.1, -0.05) is 0 Å². The predicted molar refractivity (Wildman–Crippen MR) is 61.5 cm³/mol. The maximum Gasteiger partial charge on any atom is 0.126 e. The number of nitrogens with one attached hydrogen (secondary N) is 2. The first-order valence-electron chi connectivity index (χ1n) is 5.91. The third-order valence-corrected chi connectivity index (χ3v) is 3.17. The van der Waals surface area contributed by atoms with Gasteiger partial charge in [0.2, 0.25) is 0 Å². The van der Waals surface area contributed by atoms with Crippen LogP contribution in [-0.2, 0) is 4.74 Å². The molecule has 2 aliphatic rings. The van der Waals surface area contributed by atoms with Gasteiger partial charge < -0.3 is 4.74 Å². The SMILES string of the molecule is C[C@@H]1CC(C)(C)N[C@H]([C@@H]2CCC=CO2)N1. The van der Waals surface area contributed by atoms with E-state index in [4.69, 9.17) is 4.74 Å². The van der Waals surface area contributed by atoms with E-state index in [1.54, 1.807) is 0 Å². The molecule has 0 amide bonds. The zero-order valence-corrected chi connectivity index (χ0v) is 9.92. The summed E-state index contributed by atoms with van der Waals surface area (Å²) in [5.74, 6) is 0. The van der Waals surface area contributed by atoms with Gasteiger partial charge in [0.05, 0.1) is 12.4 Å². The third kappa shape index (κ3) is 2.73. The van der Waals surface area contributed by atoms with Crippen molar-refractivity contribution < 1.29 is 4.74 Å². The van der Waals surface area contributed by atoms with Gasteiger partial charge in [-0.25, -0.2) is 0 Å². The molecule has 1 saturated heterocycles. The minimum Gasteiger partial charge on any atom is -0.495 e. The van der Waals surface area contributed by atoms with Gasteiger partial charge in [0.25, 0.3) is 0 Å². The molecule has 3 atom stereocenters. The number of hydrogen-bond donors (Lipinski definition) is 2. The van der Waals surface area contributed by atoms with Crippen LogP contribution in [0.25, 0.3) is 0 Å². The summed E-state index contributed by atoms with van der Waals surface area (Å²) < 4.78 is 5.65. The van der Waals surface area contributed by atoms with E-state index in [9.17, 15) is 0 Å². The smallest absolute Gasteiger partial charge is 0.126 e. The standard InChI is InChI=1S/C12H22N2O/c1-9-8-12(2,3)14-11(13-9)10-6-4-5-7-15-10/h5,7,9-11,13-14H,4,6,8H2,1-3H3/t9-,10+,11-/m1/s1. The molecule has 86 valence electrons. The Morgan fingerprint density at radius 1 is 1.40 bits per heavy atom. The molecule has 2 N–H and O–H groups in total. The minimum atomic E-state index is 0.208. The van der Waals surface area contributed by atoms with Crippen LogP contribution in [0.5, 0.6) is 0 Å². The van der Waals surface area contributed by atoms with Crippen LogP contribution in [0.4, 0.5) is 0 Å². The van der Waals surface area contributed by atoms with Crippen molar-refractivity contribution in [2.75, 3.05) is 0 Å². The fraction of sp³-hybridized carbons (Fsp3) is 0.833. The molecule has 0 saturated carbocycles. The van der Waals surface area contributed by atoms with E-state index in [1.807, 2.05) is 6.26 Å². The van der Waals surface area contributed by atoms with Gasteiger partial charge in [0.15, 0.2) is 0 Å². The van der Waals surface area contributed by atoms with E-state index in [-0.39, 0.29) is 17.8 Å². The Kier molecular flexibility index (Phi) is 3.03. The summed E-state index contributed by atoms with van der Waals surface area (Å²) >= 11 is 0. The molecule has 0 aromatic carbocycles. The van der Waals surface area contributed by atoms with Crippen molar-refractivity contribution in [3.05, 3.63) is 12.3 Å². The van der Waals surface area contributed by atoms with Gasteiger partial charge >= 0.3 is 0 Å². The molecular formula is C12H22N2O. The second kappa shape index (κ2) is 4.14. The Labute approximate surface area is 92.3 Å². The van der Waals surface area contributed by atoms with Crippen molar-refractivity contribution in [2.24, 2.45) is 0 Å². The molecule has 0 spiro atoms. The highest BCUT2D eigenvalue weighted by Gasteiger charge is 2.35. The van der Waals surface area contributed by atoms with Gasteiger partial charge in [0, 0.05) is 11.6 Å². The fourth-order valence-electron chi connectivity index (χ4n) is 2.65. The minimum absolute atomic E-state index is 0.208. The summed E-state index contributed by atoms with van der Waals surface area (Å²) in [6, 6.07) is 0.556. The number of hydrogen-bond acceptors (Lipinski definition) is 3. The monoisotopic (exact) mass is 210 g/mol. The maximum absolute atomic E-state index is 5.65. The number of rotatable bonds is 1. The Hall–Kier alpha value is -0.540. The first kappa shape index (κ1) is 11.0. The molecule has 2 aliphatic heterocycles. The molecule has 2 heterocycles. The Balaban J connectivity index is 1.99. The number of ether oxygens (including phenoxy) is 1. The average molecular weight is 210 g/mol. The van der Waals surface area contributed by atoms with Crippen LogP contribution < -0.4 is 10.6 Å². The maximum atomic E-state index is 5.65. The van der Waals surface area contributed by atoms with Crippen molar-refractivity contribution >= 4 is 0 Å². The van der Waals surface area contributed by atoms with Gasteiger partial charge in [-0.15, -0.1) is 0 Å². The van der Waals surface area contributed by atoms with Gasteiger partial charge in [0.1, 0.15) is 6.10 Å². The Morgan fingerprint density at radius 2 is 2.20 bits per heavy atom. The van der Waals surface area contributed by atoms with E-state index in [0.29, 0.717) is 6.04 Å². The Bertz CT molecular complexity index is 250. The summed E-state index contributed by atoms with van der Waals surface area (Å²) in [5.41, 5.74) is 0.208. The zero-order chi connectivity index (χ0) is 10.9. The van der Waals surface area contributed by atoms with Crippen LogP contribution in [0.1, 0.15) is 40.0 Å². The first-order valence-corrected chi connectivity index (χ1v) is 5.91. The van der Waals surface area contributed by atoms with Crippen molar-refractivity contribution in [3.63, 3.8) is 0 Å². The summed E-state index contributed by atoms with van der Waals surface area (Å²) in [6.07, 6.45) is 7.87. The topological polar surface area (TPSA) is 33.3 Å². The van der Waals surface area contributed by atoms with E-state index in [1.165, 1.54) is 0 Å². The highest BCUT2D eigenvalue weighted by atomic mass is 16.5. The quantitative estimate of drug-likeness (QED) is 0.692. The molecule has 0 unspecified atom stereocenters. The second-order valence-corrected chi connectivity index (χ2v) is 5.40. The molecule has 0 aliphatic carbocycles. The van der Waals surface area contributed by atoms with Crippen LogP contribution in [0, 0.1) is 0 Å². The zero-order valence-electron chi connectivity index (χ0n) is 9.92. The largest absolute Gasteiger partial charge is 0.495 e. The molecule has 3 nitrogen and oxygen atoms in total. The summed E-state index contributed by atoms with van der Waals surface area (Å²) in [6.45, 7) is 6.76. The van der Waals surface area contributed by atoms with E-state index in [2.05, 4.69) is 37.5 Å². The lowest BCUT2D eigenvalue weighted by Crippen LogP contribution is -2.66. The van der Waals surface area contributed by atoms with Crippen LogP contribution in [0.3, 0.4) is 0 Å². The van der Waals surface area contributed by atoms with E-state index >= 15 is 0 Å². The molecule has 3 heteroatoms. The Morgan fingerprint density at radius 3 is 2.80 bits per heavy atom. The van der Waals surface area contributed by atoms with Crippen LogP contribution in [-0.4, -0.2) is 23.9 Å².